The molecular formula is C19H21N3O5. The van der Waals surface area contributed by atoms with Crippen molar-refractivity contribution in [3.05, 3.63) is 64.2 Å². The normalized spacial score (nSPS) is 11.3. The lowest BCUT2D eigenvalue weighted by Gasteiger charge is -2.15. The fraction of sp³-hybridized carbons (Fsp3) is 0.263. The highest BCUT2D eigenvalue weighted by molar-refractivity contribution is 5.94. The molecule has 0 saturated carbocycles. The van der Waals surface area contributed by atoms with Crippen molar-refractivity contribution in [1.29, 1.82) is 0 Å². The van der Waals surface area contributed by atoms with Gasteiger partial charge in [-0.15, -0.1) is 0 Å². The van der Waals surface area contributed by atoms with E-state index in [0.29, 0.717) is 18.5 Å². The number of nitrogens with one attached hydrogen (secondary N) is 2. The first-order chi connectivity index (χ1) is 12.9. The Bertz CT molecular complexity index is 820. The quantitative estimate of drug-likeness (QED) is 0.547. The third kappa shape index (κ3) is 5.81. The van der Waals surface area contributed by atoms with Crippen molar-refractivity contribution in [2.45, 2.75) is 25.9 Å². The summed E-state index contributed by atoms with van der Waals surface area (Å²) in [6, 6.07) is 13.0. The summed E-state index contributed by atoms with van der Waals surface area (Å²) in [6.45, 7) is 1.52. The van der Waals surface area contributed by atoms with E-state index in [4.69, 9.17) is 4.74 Å². The van der Waals surface area contributed by atoms with Crippen LogP contribution in [-0.4, -0.2) is 29.9 Å². The lowest BCUT2D eigenvalue weighted by molar-refractivity contribution is -0.386. The Labute approximate surface area is 156 Å². The maximum atomic E-state index is 12.3. The molecule has 142 valence electrons. The maximum Gasteiger partial charge on any atom is 0.310 e. The Morgan fingerprint density at radius 2 is 1.81 bits per heavy atom. The number of benzene rings is 2. The largest absolute Gasteiger partial charge is 0.474 e. The summed E-state index contributed by atoms with van der Waals surface area (Å²) in [6.07, 6.45) is 0.0765. The van der Waals surface area contributed by atoms with Crippen molar-refractivity contribution in [3.63, 3.8) is 0 Å². The molecule has 0 fully saturated rings. The second-order valence-corrected chi connectivity index (χ2v) is 5.84. The van der Waals surface area contributed by atoms with Gasteiger partial charge in [-0.1, -0.05) is 24.3 Å². The van der Waals surface area contributed by atoms with Gasteiger partial charge in [-0.3, -0.25) is 19.7 Å². The van der Waals surface area contributed by atoms with Crippen molar-refractivity contribution >= 4 is 23.2 Å². The minimum Gasteiger partial charge on any atom is -0.474 e. The topological polar surface area (TPSA) is 111 Å². The van der Waals surface area contributed by atoms with E-state index in [2.05, 4.69) is 10.6 Å². The number of ether oxygens (including phenoxy) is 1. The Morgan fingerprint density at radius 1 is 1.15 bits per heavy atom. The highest BCUT2D eigenvalue weighted by atomic mass is 16.6. The van der Waals surface area contributed by atoms with E-state index in [0.717, 1.165) is 5.56 Å². The number of nitro groups is 1. The van der Waals surface area contributed by atoms with Gasteiger partial charge >= 0.3 is 5.69 Å². The molecular weight excluding hydrogens is 350 g/mol. The maximum absolute atomic E-state index is 12.3. The number of anilines is 1. The molecule has 0 aliphatic heterocycles. The number of amides is 2. The molecule has 1 atom stereocenters. The number of nitro benzene ring substituents is 1. The predicted octanol–water partition coefficient (Wildman–Crippen LogP) is 2.68. The number of para-hydroxylation sites is 2. The minimum atomic E-state index is -0.918. The Kier molecular flexibility index (Phi) is 6.87. The van der Waals surface area contributed by atoms with E-state index in [1.807, 2.05) is 12.1 Å². The number of carbonyl (C=O) groups is 2. The van der Waals surface area contributed by atoms with Crippen LogP contribution in [0.1, 0.15) is 18.9 Å². The van der Waals surface area contributed by atoms with Crippen LogP contribution in [0.3, 0.4) is 0 Å². The van der Waals surface area contributed by atoms with Gasteiger partial charge in [-0.2, -0.15) is 0 Å². The highest BCUT2D eigenvalue weighted by Crippen LogP contribution is 2.27. The summed E-state index contributed by atoms with van der Waals surface area (Å²) in [5.41, 5.74) is 1.35. The van der Waals surface area contributed by atoms with Crippen LogP contribution < -0.4 is 15.4 Å². The van der Waals surface area contributed by atoms with Crippen molar-refractivity contribution in [2.75, 3.05) is 12.4 Å². The molecule has 2 amide bonds. The first kappa shape index (κ1) is 19.9. The van der Waals surface area contributed by atoms with E-state index in [1.54, 1.807) is 25.2 Å². The minimum absolute atomic E-state index is 0.0339. The van der Waals surface area contributed by atoms with Gasteiger partial charge in [-0.05, 0) is 37.1 Å². The van der Waals surface area contributed by atoms with E-state index in [-0.39, 0.29) is 17.3 Å². The molecule has 0 heterocycles. The van der Waals surface area contributed by atoms with Crippen LogP contribution in [0.2, 0.25) is 0 Å². The zero-order chi connectivity index (χ0) is 19.8. The van der Waals surface area contributed by atoms with Crippen molar-refractivity contribution < 1.29 is 19.2 Å². The van der Waals surface area contributed by atoms with Gasteiger partial charge in [0.25, 0.3) is 5.91 Å². The van der Waals surface area contributed by atoms with E-state index >= 15 is 0 Å². The summed E-state index contributed by atoms with van der Waals surface area (Å²) in [4.78, 5) is 34.0. The van der Waals surface area contributed by atoms with Crippen molar-refractivity contribution in [1.82, 2.24) is 5.32 Å². The van der Waals surface area contributed by atoms with E-state index in [9.17, 15) is 19.7 Å². The number of carbonyl (C=O) groups excluding carboxylic acids is 2. The number of nitrogens with zero attached hydrogens (tertiary/aromatic N) is 1. The van der Waals surface area contributed by atoms with Gasteiger partial charge in [0.15, 0.2) is 11.9 Å². The van der Waals surface area contributed by atoms with Crippen LogP contribution in [-0.2, 0) is 16.0 Å². The summed E-state index contributed by atoms with van der Waals surface area (Å²) in [7, 11) is 1.59. The fourth-order valence-corrected chi connectivity index (χ4v) is 2.33. The molecule has 0 saturated heterocycles. The lowest BCUT2D eigenvalue weighted by Crippen LogP contribution is -2.30. The molecule has 2 aromatic rings. The lowest BCUT2D eigenvalue weighted by atomic mass is 10.1. The summed E-state index contributed by atoms with van der Waals surface area (Å²) in [5, 5.41) is 16.3. The fourth-order valence-electron chi connectivity index (χ4n) is 2.33. The SMILES string of the molecule is CNC(=O)CCc1ccc(NC(=O)C(C)Oc2ccccc2[N+](=O)[O-])cc1. The van der Waals surface area contributed by atoms with Crippen LogP contribution in [0.15, 0.2) is 48.5 Å². The molecule has 8 nitrogen and oxygen atoms in total. The van der Waals surface area contributed by atoms with Crippen LogP contribution in [0.5, 0.6) is 5.75 Å². The third-order valence-corrected chi connectivity index (χ3v) is 3.88. The number of aryl methyl sites for hydroxylation is 1. The van der Waals surface area contributed by atoms with E-state index in [1.165, 1.54) is 25.1 Å². The van der Waals surface area contributed by atoms with Gasteiger partial charge in [0.2, 0.25) is 5.91 Å². The standard InChI is InChI=1S/C19H21N3O5/c1-13(27-17-6-4-3-5-16(17)22(25)26)19(24)21-15-10-7-14(8-11-15)9-12-18(23)20-2/h3-8,10-11,13H,9,12H2,1-2H3,(H,20,23)(H,21,24). The summed E-state index contributed by atoms with van der Waals surface area (Å²) >= 11 is 0. The van der Waals surface area contributed by atoms with Crippen LogP contribution in [0.4, 0.5) is 11.4 Å². The molecule has 0 aliphatic carbocycles. The first-order valence-electron chi connectivity index (χ1n) is 8.41. The number of rotatable bonds is 8. The van der Waals surface area contributed by atoms with Crippen molar-refractivity contribution in [2.24, 2.45) is 0 Å². The molecule has 2 aromatic carbocycles. The molecule has 8 heteroatoms. The molecule has 0 spiro atoms. The third-order valence-electron chi connectivity index (χ3n) is 3.88. The smallest absolute Gasteiger partial charge is 0.310 e. The average molecular weight is 371 g/mol. The molecule has 0 aromatic heterocycles. The summed E-state index contributed by atoms with van der Waals surface area (Å²) in [5.74, 6) is -0.422. The Morgan fingerprint density at radius 3 is 2.44 bits per heavy atom. The molecule has 27 heavy (non-hydrogen) atoms. The molecule has 0 radical (unpaired) electrons. The van der Waals surface area contributed by atoms with Crippen LogP contribution >= 0.6 is 0 Å². The molecule has 0 bridgehead atoms. The number of hydrogen-bond acceptors (Lipinski definition) is 5. The van der Waals surface area contributed by atoms with Gasteiger partial charge in [-0.25, -0.2) is 0 Å². The zero-order valence-corrected chi connectivity index (χ0v) is 15.1. The molecule has 1 unspecified atom stereocenters. The number of hydrogen-bond donors (Lipinski definition) is 2. The molecule has 2 N–H and O–H groups in total. The highest BCUT2D eigenvalue weighted by Gasteiger charge is 2.20. The predicted molar refractivity (Wildman–Crippen MR) is 101 cm³/mol. The summed E-state index contributed by atoms with van der Waals surface area (Å²) < 4.78 is 5.44. The Balaban J connectivity index is 1.94. The second-order valence-electron chi connectivity index (χ2n) is 5.84. The van der Waals surface area contributed by atoms with E-state index < -0.39 is 16.9 Å². The van der Waals surface area contributed by atoms with Crippen LogP contribution in [0, 0.1) is 10.1 Å². The second kappa shape index (κ2) is 9.33. The Hall–Kier alpha value is -3.42. The monoisotopic (exact) mass is 371 g/mol. The molecule has 2 rings (SSSR count). The van der Waals surface area contributed by atoms with Crippen LogP contribution in [0.25, 0.3) is 0 Å². The van der Waals surface area contributed by atoms with Gasteiger partial charge in [0.1, 0.15) is 0 Å². The van der Waals surface area contributed by atoms with Gasteiger partial charge in [0.05, 0.1) is 4.92 Å². The first-order valence-corrected chi connectivity index (χ1v) is 8.41. The van der Waals surface area contributed by atoms with Gasteiger partial charge in [0, 0.05) is 25.2 Å². The van der Waals surface area contributed by atoms with Gasteiger partial charge < -0.3 is 15.4 Å². The zero-order valence-electron chi connectivity index (χ0n) is 15.1. The average Bonchev–Trinajstić information content (AvgIpc) is 2.67. The van der Waals surface area contributed by atoms with Crippen molar-refractivity contribution in [3.8, 4) is 5.75 Å². The molecule has 0 aliphatic rings.